The second-order valence-corrected chi connectivity index (χ2v) is 6.23. The first-order valence-electron chi connectivity index (χ1n) is 8.51. The van der Waals surface area contributed by atoms with Gasteiger partial charge in [-0.05, 0) is 37.1 Å². The summed E-state index contributed by atoms with van der Waals surface area (Å²) in [6.45, 7) is 3.45. The molecule has 0 aliphatic carbocycles. The molecule has 0 spiro atoms. The first kappa shape index (κ1) is 19.9. The van der Waals surface area contributed by atoms with Crippen molar-refractivity contribution < 1.29 is 22.0 Å². The number of hydrogen-bond acceptors (Lipinski definition) is 3. The highest BCUT2D eigenvalue weighted by Crippen LogP contribution is 2.28. The van der Waals surface area contributed by atoms with Gasteiger partial charge in [-0.25, -0.2) is 23.7 Å². The third-order valence-corrected chi connectivity index (χ3v) is 4.31. The Labute approximate surface area is 157 Å². The normalized spacial score (nSPS) is 12.9. The number of hydrogen-bond donors (Lipinski definition) is 0. The maximum atomic E-state index is 13.2. The lowest BCUT2D eigenvalue weighted by atomic mass is 9.99. The number of imidazole rings is 1. The van der Waals surface area contributed by atoms with Gasteiger partial charge in [0.15, 0.2) is 0 Å². The Bertz CT molecular complexity index is 1020. The SMILES string of the molecule is C/C=C(/c1ccc2ncc(C(F)F)n2c1)c1cnc(CCC(F)(F)F)nc1C. The molecule has 3 aromatic rings. The highest BCUT2D eigenvalue weighted by Gasteiger charge is 2.27. The topological polar surface area (TPSA) is 43.1 Å². The van der Waals surface area contributed by atoms with Gasteiger partial charge in [0.05, 0.1) is 12.6 Å². The lowest BCUT2D eigenvalue weighted by Gasteiger charge is -2.13. The van der Waals surface area contributed by atoms with E-state index in [1.807, 2.05) is 0 Å². The molecule has 0 aromatic carbocycles. The second kappa shape index (κ2) is 7.65. The molecule has 0 aliphatic heterocycles. The summed E-state index contributed by atoms with van der Waals surface area (Å²) in [7, 11) is 0. The van der Waals surface area contributed by atoms with Crippen molar-refractivity contribution in [3.8, 4) is 0 Å². The third-order valence-electron chi connectivity index (χ3n) is 4.31. The molecule has 28 heavy (non-hydrogen) atoms. The van der Waals surface area contributed by atoms with Crippen LogP contribution in [0, 0.1) is 6.92 Å². The van der Waals surface area contributed by atoms with Gasteiger partial charge in [-0.15, -0.1) is 0 Å². The Hall–Kier alpha value is -2.84. The number of aryl methyl sites for hydroxylation is 2. The predicted molar refractivity (Wildman–Crippen MR) is 94.0 cm³/mol. The number of fused-ring (bicyclic) bond motifs is 1. The molecule has 0 aliphatic rings. The van der Waals surface area contributed by atoms with Gasteiger partial charge in [0, 0.05) is 30.1 Å². The Morgan fingerprint density at radius 1 is 1.18 bits per heavy atom. The van der Waals surface area contributed by atoms with E-state index in [4.69, 9.17) is 0 Å². The van der Waals surface area contributed by atoms with E-state index in [9.17, 15) is 22.0 Å². The minimum Gasteiger partial charge on any atom is -0.298 e. The average Bonchev–Trinajstić information content (AvgIpc) is 3.05. The molecule has 0 fully saturated rings. The first-order chi connectivity index (χ1) is 13.2. The van der Waals surface area contributed by atoms with Crippen LogP contribution >= 0.6 is 0 Å². The van der Waals surface area contributed by atoms with E-state index in [-0.39, 0.29) is 17.9 Å². The van der Waals surface area contributed by atoms with Gasteiger partial charge in [0.1, 0.15) is 17.2 Å². The molecule has 3 rings (SSSR count). The van der Waals surface area contributed by atoms with Crippen molar-refractivity contribution in [2.75, 3.05) is 0 Å². The van der Waals surface area contributed by atoms with Crippen LogP contribution in [-0.4, -0.2) is 25.5 Å². The highest BCUT2D eigenvalue weighted by atomic mass is 19.4. The summed E-state index contributed by atoms with van der Waals surface area (Å²) >= 11 is 0. The van der Waals surface area contributed by atoms with Crippen LogP contribution < -0.4 is 0 Å². The van der Waals surface area contributed by atoms with Gasteiger partial charge >= 0.3 is 6.18 Å². The number of rotatable bonds is 5. The molecule has 0 saturated carbocycles. The quantitative estimate of drug-likeness (QED) is 0.549. The average molecular weight is 396 g/mol. The van der Waals surface area contributed by atoms with Gasteiger partial charge in [0.25, 0.3) is 6.43 Å². The van der Waals surface area contributed by atoms with Crippen molar-refractivity contribution in [2.45, 2.75) is 39.3 Å². The summed E-state index contributed by atoms with van der Waals surface area (Å²) in [6, 6.07) is 3.36. The standard InChI is InChI=1S/C19H17F5N4/c1-3-13(12-4-5-17-26-9-15(18(20)21)28(17)10-12)14-8-25-16(27-11(14)2)6-7-19(22,23)24/h3-5,8-10,18H,6-7H2,1-2H3/b13-3-. The molecule has 4 nitrogen and oxygen atoms in total. The zero-order valence-electron chi connectivity index (χ0n) is 15.1. The van der Waals surface area contributed by atoms with Crippen molar-refractivity contribution in [3.05, 3.63) is 65.1 Å². The maximum absolute atomic E-state index is 13.2. The first-order valence-corrected chi connectivity index (χ1v) is 8.51. The Balaban J connectivity index is 1.95. The van der Waals surface area contributed by atoms with Crippen LogP contribution in [0.15, 0.2) is 36.8 Å². The molecular weight excluding hydrogens is 379 g/mol. The number of nitrogens with zero attached hydrogens (tertiary/aromatic N) is 4. The zero-order valence-corrected chi connectivity index (χ0v) is 15.1. The minimum absolute atomic E-state index is 0.110. The molecule has 0 unspecified atom stereocenters. The fraction of sp³-hybridized carbons (Fsp3) is 0.316. The van der Waals surface area contributed by atoms with E-state index >= 15 is 0 Å². The molecule has 0 bridgehead atoms. The van der Waals surface area contributed by atoms with Gasteiger partial charge in [-0.3, -0.25) is 4.40 Å². The van der Waals surface area contributed by atoms with Crippen LogP contribution in [0.2, 0.25) is 0 Å². The summed E-state index contributed by atoms with van der Waals surface area (Å²) in [5.74, 6) is 0.110. The number of alkyl halides is 5. The maximum Gasteiger partial charge on any atom is 0.389 e. The van der Waals surface area contributed by atoms with Crippen LogP contribution in [0.5, 0.6) is 0 Å². The predicted octanol–water partition coefficient (Wildman–Crippen LogP) is 5.32. The van der Waals surface area contributed by atoms with Gasteiger partial charge < -0.3 is 0 Å². The van der Waals surface area contributed by atoms with Crippen molar-refractivity contribution in [2.24, 2.45) is 0 Å². The molecule has 0 radical (unpaired) electrons. The smallest absolute Gasteiger partial charge is 0.298 e. The Morgan fingerprint density at radius 3 is 2.54 bits per heavy atom. The van der Waals surface area contributed by atoms with E-state index in [0.29, 0.717) is 28.0 Å². The molecule has 3 heterocycles. The number of allylic oxidation sites excluding steroid dienone is 1. The minimum atomic E-state index is -4.27. The van der Waals surface area contributed by atoms with Crippen molar-refractivity contribution in [3.63, 3.8) is 0 Å². The monoisotopic (exact) mass is 396 g/mol. The van der Waals surface area contributed by atoms with E-state index in [2.05, 4.69) is 15.0 Å². The Kier molecular flexibility index (Phi) is 5.44. The van der Waals surface area contributed by atoms with Crippen LogP contribution in [-0.2, 0) is 6.42 Å². The molecule has 9 heteroatoms. The van der Waals surface area contributed by atoms with Gasteiger partial charge in [0.2, 0.25) is 0 Å². The summed E-state index contributed by atoms with van der Waals surface area (Å²) in [5, 5.41) is 0. The van der Waals surface area contributed by atoms with Crippen molar-refractivity contribution in [1.29, 1.82) is 0 Å². The van der Waals surface area contributed by atoms with E-state index in [1.54, 1.807) is 38.3 Å². The molecule has 0 saturated heterocycles. The number of aromatic nitrogens is 4. The fourth-order valence-electron chi connectivity index (χ4n) is 2.95. The summed E-state index contributed by atoms with van der Waals surface area (Å²) in [4.78, 5) is 12.2. The van der Waals surface area contributed by atoms with E-state index in [1.165, 1.54) is 10.6 Å². The molecule has 0 amide bonds. The highest BCUT2D eigenvalue weighted by molar-refractivity contribution is 5.80. The molecule has 0 atom stereocenters. The lowest BCUT2D eigenvalue weighted by molar-refractivity contribution is -0.134. The van der Waals surface area contributed by atoms with Gasteiger partial charge in [-0.2, -0.15) is 13.2 Å². The van der Waals surface area contributed by atoms with Crippen molar-refractivity contribution >= 4 is 11.2 Å². The van der Waals surface area contributed by atoms with Crippen LogP contribution in [0.4, 0.5) is 22.0 Å². The molecule has 148 valence electrons. The third kappa shape index (κ3) is 4.18. The molecule has 0 N–H and O–H groups in total. The summed E-state index contributed by atoms with van der Waals surface area (Å²) in [6.07, 6.45) is -2.30. The fourth-order valence-corrected chi connectivity index (χ4v) is 2.95. The van der Waals surface area contributed by atoms with Crippen molar-refractivity contribution in [1.82, 2.24) is 19.4 Å². The van der Waals surface area contributed by atoms with Gasteiger partial charge in [-0.1, -0.05) is 6.08 Å². The number of pyridine rings is 1. The van der Waals surface area contributed by atoms with E-state index in [0.717, 1.165) is 6.20 Å². The lowest BCUT2D eigenvalue weighted by Crippen LogP contribution is -2.11. The number of halogens is 5. The largest absolute Gasteiger partial charge is 0.389 e. The van der Waals surface area contributed by atoms with Crippen LogP contribution in [0.1, 0.15) is 48.1 Å². The Morgan fingerprint density at radius 2 is 1.93 bits per heavy atom. The second-order valence-electron chi connectivity index (χ2n) is 6.23. The van der Waals surface area contributed by atoms with Crippen LogP contribution in [0.25, 0.3) is 11.2 Å². The van der Waals surface area contributed by atoms with Crippen LogP contribution in [0.3, 0.4) is 0 Å². The van der Waals surface area contributed by atoms with E-state index < -0.39 is 19.0 Å². The summed E-state index contributed by atoms with van der Waals surface area (Å²) in [5.41, 5.74) is 2.64. The summed E-state index contributed by atoms with van der Waals surface area (Å²) < 4.78 is 64.8. The molecular formula is C19H17F5N4. The molecule has 3 aromatic heterocycles. The zero-order chi connectivity index (χ0) is 20.5.